The molecule has 3 aromatic carbocycles. The molecule has 1 amide bonds. The number of nitrogens with one attached hydrogen (secondary N) is 2. The van der Waals surface area contributed by atoms with Crippen molar-refractivity contribution in [1.82, 2.24) is 29.8 Å². The molecule has 0 radical (unpaired) electrons. The lowest BCUT2D eigenvalue weighted by Crippen LogP contribution is -2.31. The van der Waals surface area contributed by atoms with E-state index in [2.05, 4.69) is 56.5 Å². The Morgan fingerprint density at radius 2 is 1.76 bits per heavy atom. The Kier molecular flexibility index (Phi) is 8.04. The lowest BCUT2D eigenvalue weighted by atomic mass is 10.0. The van der Waals surface area contributed by atoms with E-state index in [0.717, 1.165) is 46.4 Å². The van der Waals surface area contributed by atoms with Gasteiger partial charge in [-0.3, -0.25) is 19.4 Å². The number of benzene rings is 3. The highest BCUT2D eigenvalue weighted by molar-refractivity contribution is 5.95. The molecule has 5 aromatic rings. The van der Waals surface area contributed by atoms with Crippen LogP contribution in [-0.2, 0) is 20.1 Å². The van der Waals surface area contributed by atoms with Gasteiger partial charge in [0.15, 0.2) is 11.6 Å². The van der Waals surface area contributed by atoms with Crippen molar-refractivity contribution in [2.75, 3.05) is 20.6 Å². The molecule has 2 aromatic heterocycles. The minimum atomic E-state index is -0.999. The first-order chi connectivity index (χ1) is 20.1. The summed E-state index contributed by atoms with van der Waals surface area (Å²) in [5.74, 6) is 3.44. The number of hydrogen-bond acceptors (Lipinski definition) is 4. The zero-order valence-corrected chi connectivity index (χ0v) is 23.8. The van der Waals surface area contributed by atoms with Gasteiger partial charge in [-0.1, -0.05) is 42.2 Å². The molecule has 2 N–H and O–H groups in total. The van der Waals surface area contributed by atoms with Crippen molar-refractivity contribution in [2.45, 2.75) is 20.0 Å². The van der Waals surface area contributed by atoms with Crippen molar-refractivity contribution in [3.63, 3.8) is 0 Å². The van der Waals surface area contributed by atoms with Crippen molar-refractivity contribution >= 4 is 16.8 Å². The molecule has 0 spiro atoms. The molecule has 10 heteroatoms. The predicted octanol–water partition coefficient (Wildman–Crippen LogP) is 4.21. The number of nitrogens with zero attached hydrogens (tertiary/aromatic N) is 4. The standard InChI is InChI=1S/C32H30F2N6O2/c1-20-29(32(42)40(39(20)4)19-23-10-14-26(33)27(34)16-23)31(41)35-15-5-6-21-9-13-25-28(17-21)36-37-30(25)24-11-7-22(8-12-24)18-38(2)3/h7-14,16-17H,15,18-19H2,1-4H3,(H,35,41)(H,36,37). The maximum Gasteiger partial charge on any atom is 0.280 e. The van der Waals surface area contributed by atoms with Crippen LogP contribution in [0, 0.1) is 30.4 Å². The second-order valence-electron chi connectivity index (χ2n) is 10.3. The molecule has 0 aliphatic carbocycles. The molecule has 0 atom stereocenters. The van der Waals surface area contributed by atoms with E-state index in [0.29, 0.717) is 11.3 Å². The minimum Gasteiger partial charge on any atom is -0.341 e. The molecule has 0 unspecified atom stereocenters. The highest BCUT2D eigenvalue weighted by Gasteiger charge is 2.21. The number of aromatic amines is 1. The van der Waals surface area contributed by atoms with Gasteiger partial charge in [0.25, 0.3) is 11.5 Å². The Hall–Kier alpha value is -5.01. The van der Waals surface area contributed by atoms with Gasteiger partial charge in [-0.15, -0.1) is 0 Å². The molecule has 0 bridgehead atoms. The van der Waals surface area contributed by atoms with Gasteiger partial charge in [0, 0.05) is 35.8 Å². The average molecular weight is 569 g/mol. The monoisotopic (exact) mass is 568 g/mol. The van der Waals surface area contributed by atoms with Crippen LogP contribution in [0.15, 0.2) is 65.5 Å². The molecule has 0 fully saturated rings. The second kappa shape index (κ2) is 11.8. The zero-order chi connectivity index (χ0) is 30.0. The summed E-state index contributed by atoms with van der Waals surface area (Å²) in [5.41, 5.74) is 4.99. The van der Waals surface area contributed by atoms with Gasteiger partial charge in [-0.25, -0.2) is 13.5 Å². The summed E-state index contributed by atoms with van der Waals surface area (Å²) in [7, 11) is 5.70. The Morgan fingerprint density at radius 3 is 2.48 bits per heavy atom. The maximum absolute atomic E-state index is 13.6. The largest absolute Gasteiger partial charge is 0.341 e. The van der Waals surface area contributed by atoms with Crippen LogP contribution in [0.3, 0.4) is 0 Å². The van der Waals surface area contributed by atoms with Crippen LogP contribution >= 0.6 is 0 Å². The normalized spacial score (nSPS) is 11.1. The number of halogens is 2. The van der Waals surface area contributed by atoms with E-state index in [-0.39, 0.29) is 18.7 Å². The van der Waals surface area contributed by atoms with Crippen LogP contribution in [0.25, 0.3) is 22.2 Å². The van der Waals surface area contributed by atoms with Crippen LogP contribution in [0.4, 0.5) is 8.78 Å². The van der Waals surface area contributed by atoms with Crippen LogP contribution in [0.5, 0.6) is 0 Å². The number of aromatic nitrogens is 4. The fourth-order valence-electron chi connectivity index (χ4n) is 4.82. The van der Waals surface area contributed by atoms with E-state index < -0.39 is 23.1 Å². The first-order valence-corrected chi connectivity index (χ1v) is 13.3. The van der Waals surface area contributed by atoms with Gasteiger partial charge >= 0.3 is 0 Å². The maximum atomic E-state index is 13.6. The highest BCUT2D eigenvalue weighted by atomic mass is 19.2. The van der Waals surface area contributed by atoms with Crippen molar-refractivity contribution in [3.8, 4) is 23.1 Å². The summed E-state index contributed by atoms with van der Waals surface area (Å²) in [5, 5.41) is 11.2. The molecule has 0 saturated heterocycles. The molecule has 0 aliphatic rings. The fourth-order valence-corrected chi connectivity index (χ4v) is 4.82. The fraction of sp³-hybridized carbons (Fsp3) is 0.219. The third-order valence-electron chi connectivity index (χ3n) is 7.06. The highest BCUT2D eigenvalue weighted by Crippen LogP contribution is 2.27. The van der Waals surface area contributed by atoms with Gasteiger partial charge in [-0.2, -0.15) is 5.10 Å². The smallest absolute Gasteiger partial charge is 0.280 e. The summed E-state index contributed by atoms with van der Waals surface area (Å²) < 4.78 is 29.7. The Bertz CT molecular complexity index is 1910. The second-order valence-corrected chi connectivity index (χ2v) is 10.3. The van der Waals surface area contributed by atoms with Crippen LogP contribution in [0.1, 0.15) is 32.7 Å². The summed E-state index contributed by atoms with van der Waals surface area (Å²) in [6, 6.07) is 17.5. The van der Waals surface area contributed by atoms with Crippen LogP contribution in [0.2, 0.25) is 0 Å². The summed E-state index contributed by atoms with van der Waals surface area (Å²) in [4.78, 5) is 28.0. The quantitative estimate of drug-likeness (QED) is 0.288. The van der Waals surface area contributed by atoms with Crippen LogP contribution < -0.4 is 10.9 Å². The summed E-state index contributed by atoms with van der Waals surface area (Å²) >= 11 is 0. The molecule has 42 heavy (non-hydrogen) atoms. The first-order valence-electron chi connectivity index (χ1n) is 13.3. The van der Waals surface area contributed by atoms with E-state index in [9.17, 15) is 18.4 Å². The molecule has 5 rings (SSSR count). The van der Waals surface area contributed by atoms with Gasteiger partial charge in [-0.05, 0) is 62.5 Å². The number of amides is 1. The van der Waals surface area contributed by atoms with E-state index in [4.69, 9.17) is 0 Å². The summed E-state index contributed by atoms with van der Waals surface area (Å²) in [6.07, 6.45) is 0. The number of hydrogen-bond donors (Lipinski definition) is 2. The van der Waals surface area contributed by atoms with Crippen molar-refractivity contribution in [1.29, 1.82) is 0 Å². The Labute approximate surface area is 241 Å². The molecule has 214 valence electrons. The molecular formula is C32H30F2N6O2. The molecule has 0 aliphatic heterocycles. The Balaban J connectivity index is 1.26. The average Bonchev–Trinajstić information content (AvgIpc) is 3.47. The van der Waals surface area contributed by atoms with Crippen molar-refractivity contribution in [2.24, 2.45) is 7.05 Å². The number of carbonyl (C=O) groups excluding carboxylic acids is 1. The first kappa shape index (κ1) is 28.5. The molecule has 8 nitrogen and oxygen atoms in total. The molecular weight excluding hydrogens is 538 g/mol. The third-order valence-corrected chi connectivity index (χ3v) is 7.06. The van der Waals surface area contributed by atoms with E-state index in [1.54, 1.807) is 14.0 Å². The third kappa shape index (κ3) is 5.87. The number of fused-ring (bicyclic) bond motifs is 1. The zero-order valence-electron chi connectivity index (χ0n) is 23.8. The lowest BCUT2D eigenvalue weighted by Gasteiger charge is -2.09. The van der Waals surface area contributed by atoms with Gasteiger partial charge in [0.2, 0.25) is 0 Å². The Morgan fingerprint density at radius 1 is 1.02 bits per heavy atom. The van der Waals surface area contributed by atoms with Crippen molar-refractivity contribution in [3.05, 3.63) is 111 Å². The summed E-state index contributed by atoms with van der Waals surface area (Å²) in [6.45, 7) is 2.53. The van der Waals surface area contributed by atoms with Gasteiger partial charge < -0.3 is 10.2 Å². The van der Waals surface area contributed by atoms with E-state index in [1.807, 2.05) is 32.3 Å². The SMILES string of the molecule is Cc1c(C(=O)NCC#Cc2ccc3c(-c4ccc(CN(C)C)cc4)n[nH]c3c2)c(=O)n(Cc2ccc(F)c(F)c2)n1C. The number of carbonyl (C=O) groups is 1. The molecule has 2 heterocycles. The van der Waals surface area contributed by atoms with Gasteiger partial charge in [0.05, 0.1) is 24.3 Å². The van der Waals surface area contributed by atoms with Crippen molar-refractivity contribution < 1.29 is 13.6 Å². The number of rotatable bonds is 7. The topological polar surface area (TPSA) is 88.0 Å². The lowest BCUT2D eigenvalue weighted by molar-refractivity contribution is 0.0956. The molecule has 0 saturated carbocycles. The predicted molar refractivity (Wildman–Crippen MR) is 158 cm³/mol. The van der Waals surface area contributed by atoms with E-state index >= 15 is 0 Å². The minimum absolute atomic E-state index is 0.0139. The van der Waals surface area contributed by atoms with E-state index in [1.165, 1.54) is 21.0 Å². The van der Waals surface area contributed by atoms with Gasteiger partial charge in [0.1, 0.15) is 5.56 Å². The number of H-pyrrole nitrogens is 1. The van der Waals surface area contributed by atoms with Crippen LogP contribution in [-0.4, -0.2) is 51.0 Å².